The topological polar surface area (TPSA) is 97.2 Å². The number of nitrogens with zero attached hydrogens (tertiary/aromatic N) is 4. The minimum atomic E-state index is -3.72. The number of amides is 1. The number of nitrogens with one attached hydrogen (secondary N) is 1. The Morgan fingerprint density at radius 2 is 1.76 bits per heavy atom. The van der Waals surface area contributed by atoms with Crippen LogP contribution in [0.2, 0.25) is 5.02 Å². The zero-order chi connectivity index (χ0) is 20.7. The Kier molecular flexibility index (Phi) is 7.63. The third-order valence-corrected chi connectivity index (χ3v) is 7.35. The summed E-state index contributed by atoms with van der Waals surface area (Å²) in [6.07, 6.45) is 8.69. The SMILES string of the molecule is O=C(NCCCCn1cnnc1)c1ccc(Cl)c(S(=O)(=O)N2CCCCCC2)c1. The first-order chi connectivity index (χ1) is 14.0. The average molecular weight is 440 g/mol. The summed E-state index contributed by atoms with van der Waals surface area (Å²) in [5.74, 6) is -0.307. The van der Waals surface area contributed by atoms with Crippen LogP contribution in [0.15, 0.2) is 35.7 Å². The second kappa shape index (κ2) is 10.2. The number of rotatable bonds is 8. The van der Waals surface area contributed by atoms with Crippen LogP contribution in [0.25, 0.3) is 0 Å². The van der Waals surface area contributed by atoms with Crippen molar-refractivity contribution in [1.29, 1.82) is 0 Å². The molecule has 1 fully saturated rings. The number of carbonyl (C=O) groups excluding carboxylic acids is 1. The van der Waals surface area contributed by atoms with Crippen LogP contribution in [0.3, 0.4) is 0 Å². The van der Waals surface area contributed by atoms with Gasteiger partial charge in [0.05, 0.1) is 5.02 Å². The van der Waals surface area contributed by atoms with Crippen molar-refractivity contribution in [2.24, 2.45) is 0 Å². The standard InChI is InChI=1S/C19H26ClN5O3S/c20-17-8-7-16(19(26)21-9-3-6-10-24-14-22-23-15-24)13-18(17)29(27,28)25-11-4-1-2-5-12-25/h7-8,13-15H,1-6,9-12H2,(H,21,26). The molecule has 1 aromatic heterocycles. The fourth-order valence-corrected chi connectivity index (χ4v) is 5.34. The predicted octanol–water partition coefficient (Wildman–Crippen LogP) is 2.71. The lowest BCUT2D eigenvalue weighted by molar-refractivity contribution is 0.0952. The highest BCUT2D eigenvalue weighted by Crippen LogP contribution is 2.27. The molecule has 0 aliphatic carbocycles. The number of benzene rings is 1. The van der Waals surface area contributed by atoms with Gasteiger partial charge >= 0.3 is 0 Å². The Balaban J connectivity index is 1.60. The molecule has 1 aliphatic heterocycles. The van der Waals surface area contributed by atoms with Gasteiger partial charge in [-0.25, -0.2) is 8.42 Å². The second-order valence-electron chi connectivity index (χ2n) is 7.13. The fraction of sp³-hybridized carbons (Fsp3) is 0.526. The summed E-state index contributed by atoms with van der Waals surface area (Å²) in [5.41, 5.74) is 0.293. The van der Waals surface area contributed by atoms with Crippen LogP contribution < -0.4 is 5.32 Å². The summed E-state index contributed by atoms with van der Waals surface area (Å²) in [6.45, 7) is 2.25. The van der Waals surface area contributed by atoms with Crippen LogP contribution in [0.4, 0.5) is 0 Å². The number of aromatic nitrogens is 3. The second-order valence-corrected chi connectivity index (χ2v) is 9.44. The van der Waals surface area contributed by atoms with Gasteiger partial charge in [0.2, 0.25) is 10.0 Å². The van der Waals surface area contributed by atoms with Crippen molar-refractivity contribution in [3.05, 3.63) is 41.4 Å². The molecule has 8 nitrogen and oxygen atoms in total. The lowest BCUT2D eigenvalue weighted by atomic mass is 10.2. The summed E-state index contributed by atoms with van der Waals surface area (Å²) in [4.78, 5) is 12.5. The van der Waals surface area contributed by atoms with Crippen molar-refractivity contribution in [3.8, 4) is 0 Å². The number of unbranched alkanes of at least 4 members (excludes halogenated alkanes) is 1. The van der Waals surface area contributed by atoms with E-state index in [-0.39, 0.29) is 15.8 Å². The van der Waals surface area contributed by atoms with Crippen molar-refractivity contribution < 1.29 is 13.2 Å². The van der Waals surface area contributed by atoms with Crippen LogP contribution in [0, 0.1) is 0 Å². The highest BCUT2D eigenvalue weighted by Gasteiger charge is 2.28. The Bertz CT molecular complexity index is 910. The van der Waals surface area contributed by atoms with E-state index in [1.54, 1.807) is 18.7 Å². The van der Waals surface area contributed by atoms with Crippen molar-refractivity contribution in [3.63, 3.8) is 0 Å². The van der Waals surface area contributed by atoms with Gasteiger partial charge < -0.3 is 9.88 Å². The van der Waals surface area contributed by atoms with Crippen LogP contribution in [0.5, 0.6) is 0 Å². The average Bonchev–Trinajstić information content (AvgIpc) is 3.06. The van der Waals surface area contributed by atoms with Gasteiger partial charge in [0, 0.05) is 31.7 Å². The van der Waals surface area contributed by atoms with E-state index in [0.717, 1.165) is 45.1 Å². The monoisotopic (exact) mass is 439 g/mol. The first kappa shape index (κ1) is 21.7. The minimum Gasteiger partial charge on any atom is -0.352 e. The molecule has 0 spiro atoms. The first-order valence-corrected chi connectivity index (χ1v) is 11.7. The van der Waals surface area contributed by atoms with Crippen molar-refractivity contribution in [2.75, 3.05) is 19.6 Å². The summed E-state index contributed by atoms with van der Waals surface area (Å²) >= 11 is 6.19. The van der Waals surface area contributed by atoms with E-state index in [9.17, 15) is 13.2 Å². The van der Waals surface area contributed by atoms with Crippen molar-refractivity contribution >= 4 is 27.5 Å². The van der Waals surface area contributed by atoms with Crippen LogP contribution in [-0.2, 0) is 16.6 Å². The zero-order valence-electron chi connectivity index (χ0n) is 16.3. The molecule has 0 radical (unpaired) electrons. The molecule has 158 valence electrons. The van der Waals surface area contributed by atoms with Gasteiger partial charge in [-0.05, 0) is 43.9 Å². The molecule has 1 aromatic carbocycles. The van der Waals surface area contributed by atoms with E-state index in [2.05, 4.69) is 15.5 Å². The van der Waals surface area contributed by atoms with Crippen LogP contribution >= 0.6 is 11.6 Å². The van der Waals surface area contributed by atoms with Crippen LogP contribution in [0.1, 0.15) is 48.9 Å². The molecule has 10 heteroatoms. The summed E-state index contributed by atoms with van der Waals surface area (Å²) in [6, 6.07) is 4.42. The molecule has 2 heterocycles. The molecular weight excluding hydrogens is 414 g/mol. The van der Waals surface area contributed by atoms with Gasteiger partial charge in [0.1, 0.15) is 17.6 Å². The molecule has 1 aliphatic rings. The molecule has 0 saturated carbocycles. The Labute approximate surface area is 176 Å². The Morgan fingerprint density at radius 1 is 1.07 bits per heavy atom. The highest BCUT2D eigenvalue weighted by atomic mass is 35.5. The normalized spacial score (nSPS) is 15.8. The number of hydrogen-bond acceptors (Lipinski definition) is 5. The van der Waals surface area contributed by atoms with Gasteiger partial charge in [0.15, 0.2) is 0 Å². The van der Waals surface area contributed by atoms with E-state index in [0.29, 0.717) is 25.2 Å². The predicted molar refractivity (Wildman–Crippen MR) is 110 cm³/mol. The smallest absolute Gasteiger partial charge is 0.251 e. The van der Waals surface area contributed by atoms with E-state index < -0.39 is 10.0 Å². The number of hydrogen-bond donors (Lipinski definition) is 1. The fourth-order valence-electron chi connectivity index (χ4n) is 3.32. The number of halogens is 1. The van der Waals surface area contributed by atoms with Gasteiger partial charge in [-0.2, -0.15) is 4.31 Å². The zero-order valence-corrected chi connectivity index (χ0v) is 17.8. The number of carbonyl (C=O) groups is 1. The summed E-state index contributed by atoms with van der Waals surface area (Å²) in [7, 11) is -3.72. The molecule has 29 heavy (non-hydrogen) atoms. The largest absolute Gasteiger partial charge is 0.352 e. The lowest BCUT2D eigenvalue weighted by Crippen LogP contribution is -2.32. The molecule has 1 amide bonds. The molecule has 0 unspecified atom stereocenters. The summed E-state index contributed by atoms with van der Waals surface area (Å²) < 4.78 is 29.4. The van der Waals surface area contributed by atoms with E-state index >= 15 is 0 Å². The number of sulfonamides is 1. The molecule has 3 rings (SSSR count). The van der Waals surface area contributed by atoms with E-state index in [4.69, 9.17) is 11.6 Å². The molecular formula is C19H26ClN5O3S. The molecule has 0 bridgehead atoms. The minimum absolute atomic E-state index is 0.00123. The molecule has 2 aromatic rings. The van der Waals surface area contributed by atoms with E-state index in [1.807, 2.05) is 4.57 Å². The highest BCUT2D eigenvalue weighted by molar-refractivity contribution is 7.89. The van der Waals surface area contributed by atoms with Crippen LogP contribution in [-0.4, -0.2) is 53.0 Å². The maximum atomic E-state index is 13.0. The maximum Gasteiger partial charge on any atom is 0.251 e. The molecule has 1 N–H and O–H groups in total. The van der Waals surface area contributed by atoms with Gasteiger partial charge in [-0.3, -0.25) is 4.79 Å². The summed E-state index contributed by atoms with van der Waals surface area (Å²) in [5, 5.41) is 10.5. The third-order valence-electron chi connectivity index (χ3n) is 4.97. The molecule has 0 atom stereocenters. The third kappa shape index (κ3) is 5.77. The Morgan fingerprint density at radius 3 is 2.45 bits per heavy atom. The lowest BCUT2D eigenvalue weighted by Gasteiger charge is -2.21. The van der Waals surface area contributed by atoms with Gasteiger partial charge in [-0.15, -0.1) is 10.2 Å². The van der Waals surface area contributed by atoms with Gasteiger partial charge in [-0.1, -0.05) is 24.4 Å². The van der Waals surface area contributed by atoms with Crippen molar-refractivity contribution in [2.45, 2.75) is 50.0 Å². The first-order valence-electron chi connectivity index (χ1n) is 9.89. The maximum absolute atomic E-state index is 13.0. The quantitative estimate of drug-likeness (QED) is 0.638. The van der Waals surface area contributed by atoms with E-state index in [1.165, 1.54) is 16.4 Å². The van der Waals surface area contributed by atoms with Crippen molar-refractivity contribution in [1.82, 2.24) is 24.4 Å². The molecule has 1 saturated heterocycles. The van der Waals surface area contributed by atoms with Gasteiger partial charge in [0.25, 0.3) is 5.91 Å². The number of aryl methyl sites for hydroxylation is 1. The Hall–Kier alpha value is -1.97.